The van der Waals surface area contributed by atoms with Crippen molar-refractivity contribution in [2.24, 2.45) is 5.73 Å². The highest BCUT2D eigenvalue weighted by molar-refractivity contribution is 6.52. The Morgan fingerprint density at radius 3 is 2.38 bits per heavy atom. The average molecular weight is 286 g/mol. The SMILES string of the molecule is CC1(C)OB(/C=C/c2cnccc2C2(N)CC2)OC1(C)C. The van der Waals surface area contributed by atoms with Gasteiger partial charge in [0, 0.05) is 17.9 Å². The van der Waals surface area contributed by atoms with Gasteiger partial charge in [-0.1, -0.05) is 12.1 Å². The summed E-state index contributed by atoms with van der Waals surface area (Å²) in [4.78, 5) is 4.20. The number of nitrogens with zero attached hydrogens (tertiary/aromatic N) is 1. The van der Waals surface area contributed by atoms with Gasteiger partial charge in [0.25, 0.3) is 0 Å². The summed E-state index contributed by atoms with van der Waals surface area (Å²) in [6.07, 6.45) is 7.73. The Morgan fingerprint density at radius 1 is 1.19 bits per heavy atom. The van der Waals surface area contributed by atoms with E-state index in [9.17, 15) is 0 Å². The van der Waals surface area contributed by atoms with Crippen LogP contribution in [0.4, 0.5) is 0 Å². The molecule has 5 heteroatoms. The minimum atomic E-state index is -0.337. The molecule has 2 heterocycles. The van der Waals surface area contributed by atoms with Crippen molar-refractivity contribution < 1.29 is 9.31 Å². The van der Waals surface area contributed by atoms with Crippen LogP contribution in [0.25, 0.3) is 6.08 Å². The van der Waals surface area contributed by atoms with E-state index >= 15 is 0 Å². The molecule has 1 saturated heterocycles. The van der Waals surface area contributed by atoms with Crippen molar-refractivity contribution in [3.05, 3.63) is 35.6 Å². The fourth-order valence-corrected chi connectivity index (χ4v) is 2.55. The second-order valence-corrected chi connectivity index (χ2v) is 7.10. The highest BCUT2D eigenvalue weighted by Crippen LogP contribution is 2.44. The zero-order chi connectivity index (χ0) is 15.3. The van der Waals surface area contributed by atoms with Gasteiger partial charge in [-0.15, -0.1) is 0 Å². The molecule has 0 atom stereocenters. The first-order valence-corrected chi connectivity index (χ1v) is 7.51. The highest BCUT2D eigenvalue weighted by Gasteiger charge is 2.50. The maximum Gasteiger partial charge on any atom is 0.487 e. The Kier molecular flexibility index (Phi) is 3.28. The van der Waals surface area contributed by atoms with E-state index in [4.69, 9.17) is 15.0 Å². The number of pyridine rings is 1. The third-order valence-corrected chi connectivity index (χ3v) is 4.88. The number of nitrogens with two attached hydrogens (primary N) is 1. The van der Waals surface area contributed by atoms with E-state index in [0.29, 0.717) is 0 Å². The van der Waals surface area contributed by atoms with E-state index in [1.807, 2.05) is 24.3 Å². The normalized spacial score (nSPS) is 25.5. The third-order valence-electron chi connectivity index (χ3n) is 4.88. The first-order chi connectivity index (χ1) is 9.74. The minimum absolute atomic E-state index is 0.168. The molecule has 0 spiro atoms. The Hall–Kier alpha value is -1.17. The first-order valence-electron chi connectivity index (χ1n) is 7.51. The van der Waals surface area contributed by atoms with E-state index in [-0.39, 0.29) is 23.9 Å². The van der Waals surface area contributed by atoms with Gasteiger partial charge in [-0.25, -0.2) is 0 Å². The van der Waals surface area contributed by atoms with Gasteiger partial charge in [0.2, 0.25) is 0 Å². The summed E-state index contributed by atoms with van der Waals surface area (Å²) in [6.45, 7) is 8.20. The summed E-state index contributed by atoms with van der Waals surface area (Å²) >= 11 is 0. The predicted molar refractivity (Wildman–Crippen MR) is 84.5 cm³/mol. The van der Waals surface area contributed by atoms with Crippen LogP contribution < -0.4 is 5.73 Å². The molecule has 0 amide bonds. The summed E-state index contributed by atoms with van der Waals surface area (Å²) < 4.78 is 11.9. The van der Waals surface area contributed by atoms with Crippen molar-refractivity contribution in [3.63, 3.8) is 0 Å². The molecule has 2 fully saturated rings. The van der Waals surface area contributed by atoms with E-state index in [1.54, 1.807) is 6.20 Å². The molecular formula is C16H23BN2O2. The minimum Gasteiger partial charge on any atom is -0.400 e. The molecule has 1 saturated carbocycles. The van der Waals surface area contributed by atoms with Crippen molar-refractivity contribution in [2.75, 3.05) is 0 Å². The molecule has 1 aliphatic heterocycles. The summed E-state index contributed by atoms with van der Waals surface area (Å²) in [7, 11) is -0.337. The molecule has 1 aromatic heterocycles. The maximum absolute atomic E-state index is 6.31. The number of hydrogen-bond acceptors (Lipinski definition) is 4. The molecule has 112 valence electrons. The largest absolute Gasteiger partial charge is 0.487 e. The van der Waals surface area contributed by atoms with Crippen LogP contribution in [0.3, 0.4) is 0 Å². The van der Waals surface area contributed by atoms with Crippen molar-refractivity contribution in [3.8, 4) is 0 Å². The fourth-order valence-electron chi connectivity index (χ4n) is 2.55. The van der Waals surface area contributed by atoms with E-state index in [2.05, 4.69) is 32.7 Å². The van der Waals surface area contributed by atoms with Gasteiger partial charge in [0.1, 0.15) is 0 Å². The van der Waals surface area contributed by atoms with Gasteiger partial charge in [-0.3, -0.25) is 4.98 Å². The van der Waals surface area contributed by atoms with Gasteiger partial charge in [-0.2, -0.15) is 0 Å². The molecule has 0 bridgehead atoms. The Labute approximate surface area is 126 Å². The summed E-state index contributed by atoms with van der Waals surface area (Å²) in [5.41, 5.74) is 7.72. The summed E-state index contributed by atoms with van der Waals surface area (Å²) in [5, 5.41) is 0. The van der Waals surface area contributed by atoms with Crippen LogP contribution in [0, 0.1) is 0 Å². The molecule has 0 aromatic carbocycles. The van der Waals surface area contributed by atoms with E-state index in [0.717, 1.165) is 24.0 Å². The van der Waals surface area contributed by atoms with Gasteiger partial charge in [0.15, 0.2) is 0 Å². The van der Waals surface area contributed by atoms with Crippen molar-refractivity contribution in [2.45, 2.75) is 57.3 Å². The lowest BCUT2D eigenvalue weighted by atomic mass is 9.88. The predicted octanol–water partition coefficient (Wildman–Crippen LogP) is 2.67. The molecule has 3 rings (SSSR count). The van der Waals surface area contributed by atoms with Crippen LogP contribution in [-0.2, 0) is 14.8 Å². The highest BCUT2D eigenvalue weighted by atomic mass is 16.7. The van der Waals surface area contributed by atoms with E-state index in [1.165, 1.54) is 0 Å². The molecule has 1 aliphatic carbocycles. The molecule has 0 unspecified atom stereocenters. The van der Waals surface area contributed by atoms with Crippen molar-refractivity contribution in [1.82, 2.24) is 4.98 Å². The second kappa shape index (κ2) is 4.67. The summed E-state index contributed by atoms with van der Waals surface area (Å²) in [6, 6.07) is 2.01. The van der Waals surface area contributed by atoms with Crippen LogP contribution in [-0.4, -0.2) is 23.3 Å². The Balaban J connectivity index is 1.79. The Morgan fingerprint density at radius 2 is 1.81 bits per heavy atom. The molecule has 4 nitrogen and oxygen atoms in total. The maximum atomic E-state index is 6.31. The van der Waals surface area contributed by atoms with Crippen LogP contribution >= 0.6 is 0 Å². The van der Waals surface area contributed by atoms with Crippen LogP contribution in [0.15, 0.2) is 24.4 Å². The van der Waals surface area contributed by atoms with Gasteiger partial charge < -0.3 is 15.0 Å². The van der Waals surface area contributed by atoms with Crippen molar-refractivity contribution >= 4 is 13.2 Å². The lowest BCUT2D eigenvalue weighted by molar-refractivity contribution is 0.00578. The lowest BCUT2D eigenvalue weighted by Crippen LogP contribution is -2.41. The molecule has 21 heavy (non-hydrogen) atoms. The van der Waals surface area contributed by atoms with Crippen LogP contribution in [0.5, 0.6) is 0 Å². The van der Waals surface area contributed by atoms with Gasteiger partial charge in [0.05, 0.1) is 11.2 Å². The summed E-state index contributed by atoms with van der Waals surface area (Å²) in [5.74, 6) is 1.95. The van der Waals surface area contributed by atoms with Crippen molar-refractivity contribution in [1.29, 1.82) is 0 Å². The second-order valence-electron chi connectivity index (χ2n) is 7.10. The number of aromatic nitrogens is 1. The van der Waals surface area contributed by atoms with Crippen LogP contribution in [0.2, 0.25) is 0 Å². The topological polar surface area (TPSA) is 57.4 Å². The first kappa shape index (κ1) is 14.8. The molecule has 2 N–H and O–H groups in total. The molecular weight excluding hydrogens is 263 g/mol. The fraction of sp³-hybridized carbons (Fsp3) is 0.562. The number of rotatable bonds is 3. The lowest BCUT2D eigenvalue weighted by Gasteiger charge is -2.32. The average Bonchev–Trinajstić information content (AvgIpc) is 3.09. The third kappa shape index (κ3) is 2.66. The zero-order valence-corrected chi connectivity index (χ0v) is 13.2. The monoisotopic (exact) mass is 286 g/mol. The smallest absolute Gasteiger partial charge is 0.400 e. The quantitative estimate of drug-likeness (QED) is 0.868. The molecule has 1 aromatic rings. The zero-order valence-electron chi connectivity index (χ0n) is 13.2. The Bertz CT molecular complexity index is 563. The van der Waals surface area contributed by atoms with Gasteiger partial charge >= 0.3 is 7.12 Å². The molecule has 2 aliphatic rings. The van der Waals surface area contributed by atoms with E-state index < -0.39 is 0 Å². The number of hydrogen-bond donors (Lipinski definition) is 1. The molecule has 0 radical (unpaired) electrons. The van der Waals surface area contributed by atoms with Gasteiger partial charge in [-0.05, 0) is 57.7 Å². The van der Waals surface area contributed by atoms with Crippen LogP contribution in [0.1, 0.15) is 51.7 Å². The standard InChI is InChI=1S/C16H23BN2O2/c1-14(2)15(3,4)21-17(20-14)9-5-12-11-19-10-6-13(12)16(18)7-8-16/h5-6,9-11H,7-8,18H2,1-4H3/b9-5+.